The molecule has 0 saturated heterocycles. The van der Waals surface area contributed by atoms with Crippen molar-refractivity contribution >= 4 is 17.0 Å². The highest BCUT2D eigenvalue weighted by atomic mass is 16.5. The fourth-order valence-corrected chi connectivity index (χ4v) is 3.41. The molecule has 4 nitrogen and oxygen atoms in total. The second kappa shape index (κ2) is 5.84. The third-order valence-electron chi connectivity index (χ3n) is 4.67. The number of ether oxygens (including phenoxy) is 1. The largest absolute Gasteiger partial charge is 0.482 e. The highest BCUT2D eigenvalue weighted by molar-refractivity contribution is 5.98. The summed E-state index contributed by atoms with van der Waals surface area (Å²) in [5.41, 5.74) is 3.59. The summed E-state index contributed by atoms with van der Waals surface area (Å²) >= 11 is 0. The molecule has 132 valence electrons. The van der Waals surface area contributed by atoms with Gasteiger partial charge in [-0.2, -0.15) is 0 Å². The second-order valence-electron chi connectivity index (χ2n) is 7.50. The van der Waals surface area contributed by atoms with Crippen LogP contribution in [0.3, 0.4) is 0 Å². The van der Waals surface area contributed by atoms with Crippen molar-refractivity contribution < 1.29 is 9.15 Å². The van der Waals surface area contributed by atoms with E-state index in [4.69, 9.17) is 9.15 Å². The number of aromatic nitrogens is 1. The van der Waals surface area contributed by atoms with Gasteiger partial charge in [0.2, 0.25) is 0 Å². The van der Waals surface area contributed by atoms with Crippen molar-refractivity contribution in [2.45, 2.75) is 39.2 Å². The van der Waals surface area contributed by atoms with E-state index in [-0.39, 0.29) is 11.5 Å². The number of fused-ring (bicyclic) bond motifs is 3. The van der Waals surface area contributed by atoms with Crippen LogP contribution in [0.1, 0.15) is 44.7 Å². The van der Waals surface area contributed by atoms with Crippen LogP contribution in [0.5, 0.6) is 5.75 Å². The maximum Gasteiger partial charge on any atom is 0.336 e. The van der Waals surface area contributed by atoms with Crippen LogP contribution in [0.4, 0.5) is 0 Å². The van der Waals surface area contributed by atoms with E-state index in [2.05, 4.69) is 31.0 Å². The Labute approximate surface area is 152 Å². The summed E-state index contributed by atoms with van der Waals surface area (Å²) in [7, 11) is 0. The summed E-state index contributed by atoms with van der Waals surface area (Å²) < 4.78 is 11.9. The topological polar surface area (TPSA) is 52.3 Å². The lowest BCUT2D eigenvalue weighted by atomic mass is 9.90. The summed E-state index contributed by atoms with van der Waals surface area (Å²) in [6.45, 7) is 8.17. The van der Waals surface area contributed by atoms with E-state index in [1.54, 1.807) is 18.5 Å². The molecule has 1 aromatic carbocycles. The van der Waals surface area contributed by atoms with Gasteiger partial charge in [0.05, 0.1) is 5.39 Å². The van der Waals surface area contributed by atoms with Gasteiger partial charge in [-0.05, 0) is 49.1 Å². The number of rotatable bonds is 2. The van der Waals surface area contributed by atoms with Crippen molar-refractivity contribution in [3.8, 4) is 16.9 Å². The molecule has 0 spiro atoms. The van der Waals surface area contributed by atoms with Gasteiger partial charge < -0.3 is 9.15 Å². The van der Waals surface area contributed by atoms with Gasteiger partial charge in [0.1, 0.15) is 16.9 Å². The Kier molecular flexibility index (Phi) is 3.72. The molecule has 1 aliphatic heterocycles. The van der Waals surface area contributed by atoms with Crippen molar-refractivity contribution in [3.05, 3.63) is 64.3 Å². The van der Waals surface area contributed by atoms with Gasteiger partial charge in [0.15, 0.2) is 0 Å². The molecule has 0 unspecified atom stereocenters. The third-order valence-corrected chi connectivity index (χ3v) is 4.67. The molecule has 0 atom stereocenters. The average Bonchev–Trinajstić information content (AvgIpc) is 2.59. The number of benzene rings is 1. The minimum Gasteiger partial charge on any atom is -0.482 e. The van der Waals surface area contributed by atoms with Crippen molar-refractivity contribution in [2.75, 3.05) is 0 Å². The van der Waals surface area contributed by atoms with Crippen molar-refractivity contribution in [1.82, 2.24) is 4.98 Å². The average molecular weight is 347 g/mol. The first kappa shape index (κ1) is 16.6. The van der Waals surface area contributed by atoms with Crippen LogP contribution in [0.15, 0.2) is 51.9 Å². The van der Waals surface area contributed by atoms with Gasteiger partial charge in [-0.1, -0.05) is 26.0 Å². The maximum absolute atomic E-state index is 12.1. The second-order valence-corrected chi connectivity index (χ2v) is 7.50. The monoisotopic (exact) mass is 347 g/mol. The lowest BCUT2D eigenvalue weighted by Crippen LogP contribution is -2.28. The Balaban J connectivity index is 2.15. The van der Waals surface area contributed by atoms with Crippen LogP contribution in [0.2, 0.25) is 0 Å². The Morgan fingerprint density at radius 2 is 2.00 bits per heavy atom. The number of hydrogen-bond donors (Lipinski definition) is 0. The van der Waals surface area contributed by atoms with Crippen molar-refractivity contribution in [1.29, 1.82) is 0 Å². The van der Waals surface area contributed by atoms with E-state index in [0.717, 1.165) is 33.4 Å². The first-order valence-electron chi connectivity index (χ1n) is 8.79. The minimum atomic E-state index is -0.433. The molecule has 1 aliphatic rings. The van der Waals surface area contributed by atoms with Crippen LogP contribution >= 0.6 is 0 Å². The zero-order chi connectivity index (χ0) is 18.5. The molecule has 0 amide bonds. The molecule has 0 N–H and O–H groups in total. The van der Waals surface area contributed by atoms with Crippen molar-refractivity contribution in [3.63, 3.8) is 0 Å². The SMILES string of the molecule is CC(C)c1cc(=O)oc2cc(-c3cccnc3)c3c(c12)OC(C)(C)C=C3. The highest BCUT2D eigenvalue weighted by Crippen LogP contribution is 2.45. The molecule has 0 saturated carbocycles. The van der Waals surface area contributed by atoms with E-state index in [1.165, 1.54) is 0 Å². The highest BCUT2D eigenvalue weighted by Gasteiger charge is 2.28. The van der Waals surface area contributed by atoms with E-state index >= 15 is 0 Å². The number of hydrogen-bond acceptors (Lipinski definition) is 4. The molecule has 0 fully saturated rings. The molecule has 3 heterocycles. The molecular weight excluding hydrogens is 326 g/mol. The van der Waals surface area contributed by atoms with Crippen LogP contribution in [-0.4, -0.2) is 10.6 Å². The molecule has 0 bridgehead atoms. The number of nitrogens with zero attached hydrogens (tertiary/aromatic N) is 1. The van der Waals surface area contributed by atoms with Gasteiger partial charge in [0.25, 0.3) is 0 Å². The zero-order valence-electron chi connectivity index (χ0n) is 15.4. The van der Waals surface area contributed by atoms with Gasteiger partial charge in [0, 0.05) is 29.6 Å². The normalized spacial score (nSPS) is 15.1. The Morgan fingerprint density at radius 1 is 1.19 bits per heavy atom. The quantitative estimate of drug-likeness (QED) is 0.601. The molecule has 26 heavy (non-hydrogen) atoms. The Morgan fingerprint density at radius 3 is 2.69 bits per heavy atom. The maximum atomic E-state index is 12.1. The predicted molar refractivity (Wildman–Crippen MR) is 104 cm³/mol. The zero-order valence-corrected chi connectivity index (χ0v) is 15.4. The van der Waals surface area contributed by atoms with Gasteiger partial charge in [-0.15, -0.1) is 0 Å². The lowest BCUT2D eigenvalue weighted by Gasteiger charge is -2.30. The van der Waals surface area contributed by atoms with E-state index in [9.17, 15) is 4.79 Å². The summed E-state index contributed by atoms with van der Waals surface area (Å²) in [6, 6.07) is 7.38. The van der Waals surface area contributed by atoms with Crippen LogP contribution in [0, 0.1) is 0 Å². The van der Waals surface area contributed by atoms with E-state index in [1.807, 2.05) is 32.0 Å². The summed E-state index contributed by atoms with van der Waals surface area (Å²) in [4.78, 5) is 16.3. The summed E-state index contributed by atoms with van der Waals surface area (Å²) in [5.74, 6) is 0.939. The minimum absolute atomic E-state index is 0.174. The van der Waals surface area contributed by atoms with E-state index < -0.39 is 5.60 Å². The van der Waals surface area contributed by atoms with Crippen LogP contribution in [-0.2, 0) is 0 Å². The van der Waals surface area contributed by atoms with Crippen LogP contribution < -0.4 is 10.4 Å². The van der Waals surface area contributed by atoms with Crippen molar-refractivity contribution in [2.24, 2.45) is 0 Å². The fourth-order valence-electron chi connectivity index (χ4n) is 3.41. The van der Waals surface area contributed by atoms with Gasteiger partial charge in [-0.25, -0.2) is 4.79 Å². The fraction of sp³-hybridized carbons (Fsp3) is 0.273. The van der Waals surface area contributed by atoms with Gasteiger partial charge in [-0.3, -0.25) is 4.98 Å². The first-order valence-corrected chi connectivity index (χ1v) is 8.79. The Bertz CT molecular complexity index is 1080. The summed E-state index contributed by atoms with van der Waals surface area (Å²) in [6.07, 6.45) is 7.69. The Hall–Kier alpha value is -2.88. The molecule has 2 aromatic heterocycles. The molecule has 4 heteroatoms. The molecule has 0 radical (unpaired) electrons. The lowest BCUT2D eigenvalue weighted by molar-refractivity contribution is 0.161. The standard InChI is InChI=1S/C22H21NO3/c1-13(2)16-11-19(24)25-18-10-17(14-6-5-9-23-12-14)15-7-8-22(3,4)26-21(15)20(16)18/h5-13H,1-4H3. The molecular formula is C22H21NO3. The number of pyridine rings is 1. The smallest absolute Gasteiger partial charge is 0.336 e. The summed E-state index contributed by atoms with van der Waals surface area (Å²) in [5, 5.41) is 0.875. The molecule has 0 aliphatic carbocycles. The molecule has 3 aromatic rings. The first-order chi connectivity index (χ1) is 12.4. The third kappa shape index (κ3) is 2.71. The molecule has 4 rings (SSSR count). The predicted octanol–water partition coefficient (Wildman–Crippen LogP) is 5.16. The van der Waals surface area contributed by atoms with E-state index in [0.29, 0.717) is 5.58 Å². The van der Waals surface area contributed by atoms with Crippen LogP contribution in [0.25, 0.3) is 28.2 Å². The van der Waals surface area contributed by atoms with Gasteiger partial charge >= 0.3 is 5.63 Å².